The van der Waals surface area contributed by atoms with Crippen molar-refractivity contribution in [3.63, 3.8) is 0 Å². The number of carbonyl (C=O) groups excluding carboxylic acids is 1. The molecule has 84 valence electrons. The molecule has 5 heteroatoms. The summed E-state index contributed by atoms with van der Waals surface area (Å²) in [5.41, 5.74) is -1.73. The van der Waals surface area contributed by atoms with Gasteiger partial charge in [-0.1, -0.05) is 0 Å². The summed E-state index contributed by atoms with van der Waals surface area (Å²) in [6.45, 7) is 3.18. The maximum Gasteiger partial charge on any atom is 0.343 e. The number of halogens is 2. The first kappa shape index (κ1) is 13.7. The first-order valence-corrected chi connectivity index (χ1v) is 4.63. The van der Waals surface area contributed by atoms with Crippen LogP contribution in [0.3, 0.4) is 0 Å². The quantitative estimate of drug-likeness (QED) is 0.666. The van der Waals surface area contributed by atoms with Crippen molar-refractivity contribution in [2.75, 3.05) is 26.7 Å². The molecule has 0 atom stereocenters. The van der Waals surface area contributed by atoms with Crippen LogP contribution in [0, 0.1) is 0 Å². The molecule has 1 rings (SSSR count). The molecular weight excluding hydrogens is 209 g/mol. The molecule has 0 unspecified atom stereocenters. The lowest BCUT2D eigenvalue weighted by atomic mass is 9.94. The summed E-state index contributed by atoms with van der Waals surface area (Å²) >= 11 is 0. The van der Waals surface area contributed by atoms with Crippen molar-refractivity contribution < 1.29 is 13.9 Å². The van der Waals surface area contributed by atoms with E-state index < -0.39 is 11.6 Å². The van der Waals surface area contributed by atoms with Crippen LogP contribution in [0.5, 0.6) is 0 Å². The summed E-state index contributed by atoms with van der Waals surface area (Å²) in [6, 6.07) is 0. The number of piperidine rings is 1. The lowest BCUT2D eigenvalue weighted by molar-refractivity contribution is -0.160. The Hall–Kier alpha value is -0.350. The zero-order chi connectivity index (χ0) is 9.90. The number of alkyl halides is 1. The van der Waals surface area contributed by atoms with E-state index in [9.17, 15) is 9.18 Å². The highest BCUT2D eigenvalue weighted by molar-refractivity contribution is 5.85. The van der Waals surface area contributed by atoms with Crippen molar-refractivity contribution >= 4 is 18.4 Å². The van der Waals surface area contributed by atoms with Crippen molar-refractivity contribution in [2.45, 2.75) is 25.4 Å². The summed E-state index contributed by atoms with van der Waals surface area (Å²) < 4.78 is 18.5. The van der Waals surface area contributed by atoms with Gasteiger partial charge in [0.25, 0.3) is 0 Å². The maximum atomic E-state index is 13.8. The van der Waals surface area contributed by atoms with E-state index in [0.717, 1.165) is 0 Å². The van der Waals surface area contributed by atoms with E-state index in [1.165, 1.54) is 0 Å². The molecule has 0 spiro atoms. The van der Waals surface area contributed by atoms with Crippen LogP contribution < -0.4 is 0 Å². The number of nitrogens with zero attached hydrogens (tertiary/aromatic N) is 1. The Kier molecular flexibility index (Phi) is 5.37. The fourth-order valence-corrected chi connectivity index (χ4v) is 1.44. The van der Waals surface area contributed by atoms with Gasteiger partial charge in [-0.3, -0.25) is 0 Å². The zero-order valence-electron chi connectivity index (χ0n) is 8.59. The second kappa shape index (κ2) is 5.51. The predicted octanol–water partition coefficient (Wildman–Crippen LogP) is 1.41. The fraction of sp³-hybridized carbons (Fsp3) is 0.889. The van der Waals surface area contributed by atoms with Crippen LogP contribution in [0.25, 0.3) is 0 Å². The largest absolute Gasteiger partial charge is 0.464 e. The Labute approximate surface area is 90.0 Å². The molecule has 0 bridgehead atoms. The van der Waals surface area contributed by atoms with E-state index >= 15 is 0 Å². The molecule has 0 aromatic heterocycles. The Morgan fingerprint density at radius 3 is 2.43 bits per heavy atom. The highest BCUT2D eigenvalue weighted by Gasteiger charge is 2.42. The van der Waals surface area contributed by atoms with Crippen LogP contribution in [0.2, 0.25) is 0 Å². The summed E-state index contributed by atoms with van der Waals surface area (Å²) in [5, 5.41) is 0. The molecule has 0 amide bonds. The number of hydrogen-bond acceptors (Lipinski definition) is 3. The smallest absolute Gasteiger partial charge is 0.343 e. The predicted molar refractivity (Wildman–Crippen MR) is 54.5 cm³/mol. The first-order valence-electron chi connectivity index (χ1n) is 4.63. The molecular formula is C9H17ClFNO2. The maximum absolute atomic E-state index is 13.8. The molecule has 1 aliphatic heterocycles. The van der Waals surface area contributed by atoms with E-state index in [1.54, 1.807) is 6.92 Å². The average molecular weight is 226 g/mol. The summed E-state index contributed by atoms with van der Waals surface area (Å²) in [7, 11) is 1.92. The van der Waals surface area contributed by atoms with Crippen LogP contribution >= 0.6 is 12.4 Å². The van der Waals surface area contributed by atoms with Crippen molar-refractivity contribution in [1.29, 1.82) is 0 Å². The monoisotopic (exact) mass is 225 g/mol. The molecule has 14 heavy (non-hydrogen) atoms. The second-order valence-electron chi connectivity index (χ2n) is 3.49. The molecule has 0 saturated carbocycles. The van der Waals surface area contributed by atoms with Gasteiger partial charge in [-0.25, -0.2) is 9.18 Å². The molecule has 3 nitrogen and oxygen atoms in total. The third kappa shape index (κ3) is 3.10. The molecule has 1 aliphatic rings. The average Bonchev–Trinajstić information content (AvgIpc) is 2.11. The van der Waals surface area contributed by atoms with E-state index in [2.05, 4.69) is 4.74 Å². The van der Waals surface area contributed by atoms with E-state index in [-0.39, 0.29) is 31.9 Å². The van der Waals surface area contributed by atoms with Crippen LogP contribution in [0.4, 0.5) is 4.39 Å². The van der Waals surface area contributed by atoms with E-state index in [0.29, 0.717) is 13.1 Å². The molecule has 1 fully saturated rings. The Balaban J connectivity index is 0.00000169. The van der Waals surface area contributed by atoms with Gasteiger partial charge in [0.1, 0.15) is 0 Å². The third-order valence-corrected chi connectivity index (χ3v) is 2.42. The molecule has 1 saturated heterocycles. The highest BCUT2D eigenvalue weighted by Crippen LogP contribution is 2.27. The summed E-state index contributed by atoms with van der Waals surface area (Å²) in [6.07, 6.45) is 0.505. The second-order valence-corrected chi connectivity index (χ2v) is 3.49. The minimum absolute atomic E-state index is 0. The number of rotatable bonds is 2. The molecule has 0 aromatic carbocycles. The van der Waals surface area contributed by atoms with Crippen molar-refractivity contribution in [1.82, 2.24) is 4.90 Å². The van der Waals surface area contributed by atoms with Gasteiger partial charge in [0.2, 0.25) is 5.67 Å². The van der Waals surface area contributed by atoms with Gasteiger partial charge in [-0.15, -0.1) is 12.4 Å². The lowest BCUT2D eigenvalue weighted by Crippen LogP contribution is -2.45. The third-order valence-electron chi connectivity index (χ3n) is 2.42. The molecule has 0 aromatic rings. The SMILES string of the molecule is CCOC(=O)C1(F)CCN(C)CC1.Cl. The number of hydrogen-bond donors (Lipinski definition) is 0. The minimum Gasteiger partial charge on any atom is -0.464 e. The normalized spacial score (nSPS) is 21.1. The van der Waals surface area contributed by atoms with Crippen LogP contribution in [-0.4, -0.2) is 43.3 Å². The molecule has 0 aliphatic carbocycles. The topological polar surface area (TPSA) is 29.5 Å². The van der Waals surface area contributed by atoms with Gasteiger partial charge in [0.15, 0.2) is 0 Å². The van der Waals surface area contributed by atoms with Crippen molar-refractivity contribution in [3.8, 4) is 0 Å². The number of esters is 1. The zero-order valence-corrected chi connectivity index (χ0v) is 9.40. The Morgan fingerprint density at radius 2 is 2.00 bits per heavy atom. The molecule has 1 heterocycles. The van der Waals surface area contributed by atoms with Gasteiger partial charge >= 0.3 is 5.97 Å². The lowest BCUT2D eigenvalue weighted by Gasteiger charge is -2.32. The number of carbonyl (C=O) groups is 1. The van der Waals surface area contributed by atoms with Crippen LogP contribution in [0.1, 0.15) is 19.8 Å². The highest BCUT2D eigenvalue weighted by atomic mass is 35.5. The standard InChI is InChI=1S/C9H16FNO2.ClH/c1-3-13-8(12)9(10)4-6-11(2)7-5-9;/h3-7H2,1-2H3;1H. The van der Waals surface area contributed by atoms with Gasteiger partial charge in [-0.2, -0.15) is 0 Å². The van der Waals surface area contributed by atoms with Gasteiger partial charge < -0.3 is 9.64 Å². The van der Waals surface area contributed by atoms with Crippen molar-refractivity contribution in [3.05, 3.63) is 0 Å². The summed E-state index contributed by atoms with van der Waals surface area (Å²) in [4.78, 5) is 13.2. The van der Waals surface area contributed by atoms with Gasteiger partial charge in [0, 0.05) is 25.9 Å². The van der Waals surface area contributed by atoms with Crippen LogP contribution in [0.15, 0.2) is 0 Å². The molecule has 0 radical (unpaired) electrons. The number of ether oxygens (including phenoxy) is 1. The van der Waals surface area contributed by atoms with E-state index in [4.69, 9.17) is 0 Å². The van der Waals surface area contributed by atoms with Gasteiger partial charge in [-0.05, 0) is 14.0 Å². The number of likely N-dealkylation sites (tertiary alicyclic amines) is 1. The van der Waals surface area contributed by atoms with E-state index in [1.807, 2.05) is 11.9 Å². The minimum atomic E-state index is -1.73. The van der Waals surface area contributed by atoms with Crippen LogP contribution in [-0.2, 0) is 9.53 Å². The Bertz CT molecular complexity index is 193. The first-order chi connectivity index (χ1) is 6.08. The van der Waals surface area contributed by atoms with Gasteiger partial charge in [0.05, 0.1) is 6.61 Å². The van der Waals surface area contributed by atoms with Crippen molar-refractivity contribution in [2.24, 2.45) is 0 Å². The molecule has 0 N–H and O–H groups in total. The Morgan fingerprint density at radius 1 is 1.50 bits per heavy atom. The summed E-state index contributed by atoms with van der Waals surface area (Å²) in [5.74, 6) is -0.692. The fourth-order valence-electron chi connectivity index (χ4n) is 1.44.